The number of carbonyl (C=O) groups is 1. The molecule has 0 unspecified atom stereocenters. The Morgan fingerprint density at radius 3 is 2.67 bits per heavy atom. The van der Waals surface area contributed by atoms with Crippen LogP contribution in [-0.2, 0) is 11.3 Å². The molecule has 1 amide bonds. The van der Waals surface area contributed by atoms with Crippen molar-refractivity contribution in [3.63, 3.8) is 0 Å². The number of hydrogen-bond donors (Lipinski definition) is 0. The van der Waals surface area contributed by atoms with Gasteiger partial charge < -0.3 is 14.2 Å². The Kier molecular flexibility index (Phi) is 5.75. The summed E-state index contributed by atoms with van der Waals surface area (Å²) in [5.74, 6) is 1.07. The minimum Gasteiger partial charge on any atom is -0.490 e. The molecule has 1 aromatic heterocycles. The number of rotatable bonds is 6. The van der Waals surface area contributed by atoms with E-state index in [0.717, 1.165) is 44.6 Å². The molecule has 24 heavy (non-hydrogen) atoms. The normalized spacial score (nSPS) is 15.5. The molecule has 1 saturated heterocycles. The summed E-state index contributed by atoms with van der Waals surface area (Å²) in [5.41, 5.74) is 0. The number of halogens is 1. The maximum Gasteiger partial charge on any atom is 0.222 e. The molecule has 0 atom stereocenters. The number of nitrogens with zero attached hydrogens (tertiary/aromatic N) is 3. The van der Waals surface area contributed by atoms with Gasteiger partial charge in [-0.1, -0.05) is 11.6 Å². The summed E-state index contributed by atoms with van der Waals surface area (Å²) >= 11 is 5.88. The van der Waals surface area contributed by atoms with Gasteiger partial charge in [0.1, 0.15) is 11.9 Å². The lowest BCUT2D eigenvalue weighted by Crippen LogP contribution is -2.41. The van der Waals surface area contributed by atoms with Crippen LogP contribution in [0, 0.1) is 0 Å². The zero-order chi connectivity index (χ0) is 16.8. The number of aromatic nitrogens is 2. The molecule has 0 radical (unpaired) electrons. The van der Waals surface area contributed by atoms with E-state index in [-0.39, 0.29) is 12.0 Å². The van der Waals surface area contributed by atoms with Gasteiger partial charge in [0.05, 0.1) is 6.33 Å². The predicted molar refractivity (Wildman–Crippen MR) is 93.1 cm³/mol. The Bertz CT molecular complexity index is 635. The molecular weight excluding hydrogens is 326 g/mol. The maximum atomic E-state index is 12.3. The first-order valence-electron chi connectivity index (χ1n) is 8.36. The lowest BCUT2D eigenvalue weighted by Gasteiger charge is -2.32. The van der Waals surface area contributed by atoms with Gasteiger partial charge >= 0.3 is 0 Å². The highest BCUT2D eigenvalue weighted by Gasteiger charge is 2.23. The third-order valence-electron chi connectivity index (χ3n) is 4.28. The van der Waals surface area contributed by atoms with E-state index < -0.39 is 0 Å². The second kappa shape index (κ2) is 8.20. The van der Waals surface area contributed by atoms with Gasteiger partial charge in [0.15, 0.2) is 0 Å². The van der Waals surface area contributed by atoms with Crippen LogP contribution in [-0.4, -0.2) is 39.6 Å². The van der Waals surface area contributed by atoms with E-state index in [1.807, 2.05) is 39.9 Å². The first-order valence-corrected chi connectivity index (χ1v) is 8.74. The van der Waals surface area contributed by atoms with Crippen molar-refractivity contribution in [3.05, 3.63) is 48.0 Å². The zero-order valence-electron chi connectivity index (χ0n) is 13.6. The van der Waals surface area contributed by atoms with Crippen molar-refractivity contribution in [2.24, 2.45) is 0 Å². The molecule has 6 heteroatoms. The average molecular weight is 348 g/mol. The van der Waals surface area contributed by atoms with E-state index in [9.17, 15) is 4.79 Å². The topological polar surface area (TPSA) is 47.4 Å². The molecule has 0 bridgehead atoms. The van der Waals surface area contributed by atoms with Crippen molar-refractivity contribution in [2.75, 3.05) is 13.1 Å². The van der Waals surface area contributed by atoms with E-state index in [1.54, 1.807) is 12.5 Å². The quantitative estimate of drug-likeness (QED) is 0.804. The molecule has 1 aromatic carbocycles. The summed E-state index contributed by atoms with van der Waals surface area (Å²) in [6, 6.07) is 7.43. The summed E-state index contributed by atoms with van der Waals surface area (Å²) in [7, 11) is 0. The number of piperidine rings is 1. The van der Waals surface area contributed by atoms with Gasteiger partial charge in [0.2, 0.25) is 5.91 Å². The van der Waals surface area contributed by atoms with Gasteiger partial charge in [-0.25, -0.2) is 4.98 Å². The molecule has 0 saturated carbocycles. The molecule has 3 rings (SSSR count). The summed E-state index contributed by atoms with van der Waals surface area (Å²) in [5, 5.41) is 0.707. The second-order valence-corrected chi connectivity index (χ2v) is 6.49. The van der Waals surface area contributed by atoms with Gasteiger partial charge in [-0.05, 0) is 30.7 Å². The van der Waals surface area contributed by atoms with Crippen LogP contribution in [0.1, 0.15) is 25.7 Å². The van der Waals surface area contributed by atoms with Gasteiger partial charge in [-0.2, -0.15) is 0 Å². The number of ether oxygens (including phenoxy) is 1. The Morgan fingerprint density at radius 2 is 2.00 bits per heavy atom. The number of carbonyl (C=O) groups excluding carboxylic acids is 1. The summed E-state index contributed by atoms with van der Waals surface area (Å²) in [4.78, 5) is 18.2. The molecular formula is C18H22ClN3O2. The molecule has 1 aliphatic rings. The lowest BCUT2D eigenvalue weighted by molar-refractivity contribution is -0.133. The molecule has 2 heterocycles. The smallest absolute Gasteiger partial charge is 0.222 e. The van der Waals surface area contributed by atoms with Crippen molar-refractivity contribution < 1.29 is 9.53 Å². The van der Waals surface area contributed by atoms with E-state index in [2.05, 4.69) is 4.98 Å². The van der Waals surface area contributed by atoms with Crippen molar-refractivity contribution >= 4 is 17.5 Å². The predicted octanol–water partition coefficient (Wildman–Crippen LogP) is 3.39. The van der Waals surface area contributed by atoms with Crippen LogP contribution in [0.3, 0.4) is 0 Å². The fourth-order valence-electron chi connectivity index (χ4n) is 2.92. The number of benzene rings is 1. The molecule has 5 nitrogen and oxygen atoms in total. The Hall–Kier alpha value is -2.01. The monoisotopic (exact) mass is 347 g/mol. The summed E-state index contributed by atoms with van der Waals surface area (Å²) < 4.78 is 7.96. The molecule has 0 spiro atoms. The van der Waals surface area contributed by atoms with Gasteiger partial charge in [-0.15, -0.1) is 0 Å². The van der Waals surface area contributed by atoms with Crippen molar-refractivity contribution in [1.82, 2.24) is 14.5 Å². The first-order chi connectivity index (χ1) is 11.7. The number of hydrogen-bond acceptors (Lipinski definition) is 3. The lowest BCUT2D eigenvalue weighted by atomic mass is 10.1. The minimum absolute atomic E-state index is 0.168. The molecule has 1 fully saturated rings. The number of amides is 1. The van der Waals surface area contributed by atoms with E-state index >= 15 is 0 Å². The standard InChI is InChI=1S/C18H22ClN3O2/c19-15-3-5-16(6-4-15)24-17-7-11-22(12-8-17)18(23)2-1-10-21-13-9-20-14-21/h3-6,9,13-14,17H,1-2,7-8,10-12H2. The zero-order valence-corrected chi connectivity index (χ0v) is 14.4. The molecule has 0 aliphatic carbocycles. The van der Waals surface area contributed by atoms with Gasteiger partial charge in [0, 0.05) is 56.3 Å². The van der Waals surface area contributed by atoms with Crippen molar-refractivity contribution in [1.29, 1.82) is 0 Å². The Labute approximate surface area is 147 Å². The van der Waals surface area contributed by atoms with E-state index in [0.29, 0.717) is 11.4 Å². The Balaban J connectivity index is 1.38. The van der Waals surface area contributed by atoms with Crippen molar-refractivity contribution in [2.45, 2.75) is 38.3 Å². The molecule has 128 valence electrons. The summed E-state index contributed by atoms with van der Waals surface area (Å²) in [6.07, 6.45) is 8.80. The number of imidazole rings is 1. The third-order valence-corrected chi connectivity index (χ3v) is 4.53. The van der Waals surface area contributed by atoms with E-state index in [1.165, 1.54) is 0 Å². The van der Waals surface area contributed by atoms with Gasteiger partial charge in [-0.3, -0.25) is 4.79 Å². The van der Waals surface area contributed by atoms with E-state index in [4.69, 9.17) is 16.3 Å². The van der Waals surface area contributed by atoms with Crippen LogP contribution in [0.5, 0.6) is 5.75 Å². The minimum atomic E-state index is 0.168. The SMILES string of the molecule is O=C(CCCn1ccnc1)N1CCC(Oc2ccc(Cl)cc2)CC1. The van der Waals surface area contributed by atoms with Crippen molar-refractivity contribution in [3.8, 4) is 5.75 Å². The van der Waals surface area contributed by atoms with Gasteiger partial charge in [0.25, 0.3) is 0 Å². The van der Waals surface area contributed by atoms with Crippen LogP contribution in [0.25, 0.3) is 0 Å². The largest absolute Gasteiger partial charge is 0.490 e. The third kappa shape index (κ3) is 4.74. The van der Waals surface area contributed by atoms with Crippen LogP contribution < -0.4 is 4.74 Å². The highest BCUT2D eigenvalue weighted by molar-refractivity contribution is 6.30. The molecule has 1 aliphatic heterocycles. The fraction of sp³-hybridized carbons (Fsp3) is 0.444. The molecule has 0 N–H and O–H groups in total. The number of likely N-dealkylation sites (tertiary alicyclic amines) is 1. The maximum absolute atomic E-state index is 12.3. The Morgan fingerprint density at radius 1 is 1.25 bits per heavy atom. The highest BCUT2D eigenvalue weighted by Crippen LogP contribution is 2.21. The van der Waals surface area contributed by atoms with Crippen LogP contribution in [0.2, 0.25) is 5.02 Å². The highest BCUT2D eigenvalue weighted by atomic mass is 35.5. The average Bonchev–Trinajstić information content (AvgIpc) is 3.11. The fourth-order valence-corrected chi connectivity index (χ4v) is 3.04. The summed E-state index contributed by atoms with van der Waals surface area (Å²) in [6.45, 7) is 2.37. The number of aryl methyl sites for hydroxylation is 1. The van der Waals surface area contributed by atoms with Crippen LogP contribution in [0.15, 0.2) is 43.0 Å². The van der Waals surface area contributed by atoms with Crippen LogP contribution in [0.4, 0.5) is 0 Å². The molecule has 2 aromatic rings. The second-order valence-electron chi connectivity index (χ2n) is 6.06. The first kappa shape index (κ1) is 16.8. The van der Waals surface area contributed by atoms with Crippen LogP contribution >= 0.6 is 11.6 Å².